The van der Waals surface area contributed by atoms with Crippen molar-refractivity contribution < 1.29 is 13.9 Å². The van der Waals surface area contributed by atoms with Crippen LogP contribution in [0.15, 0.2) is 51.7 Å². The van der Waals surface area contributed by atoms with Gasteiger partial charge in [0, 0.05) is 16.7 Å². The van der Waals surface area contributed by atoms with E-state index in [0.29, 0.717) is 21.9 Å². The molecule has 0 N–H and O–H groups in total. The van der Waals surface area contributed by atoms with Crippen LogP contribution in [-0.2, 0) is 6.42 Å². The van der Waals surface area contributed by atoms with Crippen molar-refractivity contribution in [1.82, 2.24) is 0 Å². The lowest BCUT2D eigenvalue weighted by Gasteiger charge is -2.12. The molecule has 0 spiro atoms. The number of rotatable bonds is 6. The number of aryl methyl sites for hydroxylation is 2. The van der Waals surface area contributed by atoms with Crippen molar-refractivity contribution in [2.45, 2.75) is 26.7 Å². The van der Waals surface area contributed by atoms with Crippen molar-refractivity contribution in [3.8, 4) is 5.75 Å². The molecule has 0 atom stereocenters. The molecule has 2 aromatic carbocycles. The largest absolute Gasteiger partial charge is 0.485 e. The molecular formula is C21H19ClO4. The molecule has 5 heteroatoms. The van der Waals surface area contributed by atoms with E-state index >= 15 is 0 Å². The number of fused-ring (bicyclic) bond motifs is 1. The third-order valence-corrected chi connectivity index (χ3v) is 4.33. The molecule has 0 saturated carbocycles. The van der Waals surface area contributed by atoms with Crippen molar-refractivity contribution in [3.05, 3.63) is 74.6 Å². The van der Waals surface area contributed by atoms with Crippen LogP contribution in [0.4, 0.5) is 0 Å². The highest BCUT2D eigenvalue weighted by molar-refractivity contribution is 6.30. The Morgan fingerprint density at radius 2 is 1.88 bits per heavy atom. The van der Waals surface area contributed by atoms with Crippen molar-refractivity contribution >= 4 is 28.4 Å². The Morgan fingerprint density at radius 1 is 1.15 bits per heavy atom. The minimum absolute atomic E-state index is 0.106. The fourth-order valence-corrected chi connectivity index (χ4v) is 3.04. The smallest absolute Gasteiger partial charge is 0.336 e. The van der Waals surface area contributed by atoms with Gasteiger partial charge in [0.05, 0.1) is 5.39 Å². The second kappa shape index (κ2) is 7.75. The topological polar surface area (TPSA) is 56.5 Å². The minimum Gasteiger partial charge on any atom is -0.485 e. The highest BCUT2D eigenvalue weighted by atomic mass is 35.5. The van der Waals surface area contributed by atoms with E-state index < -0.39 is 0 Å². The first-order chi connectivity index (χ1) is 12.5. The van der Waals surface area contributed by atoms with Crippen molar-refractivity contribution in [3.63, 3.8) is 0 Å². The van der Waals surface area contributed by atoms with Gasteiger partial charge in [0.1, 0.15) is 11.3 Å². The summed E-state index contributed by atoms with van der Waals surface area (Å²) in [4.78, 5) is 24.2. The quantitative estimate of drug-likeness (QED) is 0.454. The number of ether oxygens (including phenoxy) is 1. The summed E-state index contributed by atoms with van der Waals surface area (Å²) in [6, 6.07) is 11.8. The van der Waals surface area contributed by atoms with Crippen LogP contribution >= 0.6 is 11.6 Å². The average molecular weight is 371 g/mol. The molecular weight excluding hydrogens is 352 g/mol. The second-order valence-electron chi connectivity index (χ2n) is 6.20. The maximum atomic E-state index is 12.4. The maximum Gasteiger partial charge on any atom is 0.336 e. The van der Waals surface area contributed by atoms with Gasteiger partial charge in [-0.25, -0.2) is 4.79 Å². The fourth-order valence-electron chi connectivity index (χ4n) is 2.91. The number of hydrogen-bond acceptors (Lipinski definition) is 4. The van der Waals surface area contributed by atoms with Crippen molar-refractivity contribution in [2.75, 3.05) is 6.61 Å². The minimum atomic E-state index is -0.380. The number of Topliss-reactive ketones (excluding diaryl/α,β-unsaturated/α-hetero) is 1. The van der Waals surface area contributed by atoms with Gasteiger partial charge in [-0.1, -0.05) is 24.9 Å². The van der Waals surface area contributed by atoms with E-state index in [1.54, 1.807) is 24.3 Å². The van der Waals surface area contributed by atoms with E-state index in [4.69, 9.17) is 20.8 Å². The third kappa shape index (κ3) is 3.97. The van der Waals surface area contributed by atoms with Gasteiger partial charge in [-0.05, 0) is 60.9 Å². The molecule has 0 bridgehead atoms. The fraction of sp³-hybridized carbons (Fsp3) is 0.238. The number of carbonyl (C=O) groups excluding carboxylic acids is 1. The normalized spacial score (nSPS) is 10.9. The van der Waals surface area contributed by atoms with Gasteiger partial charge >= 0.3 is 5.63 Å². The Balaban J connectivity index is 1.95. The summed E-state index contributed by atoms with van der Waals surface area (Å²) in [6.07, 6.45) is 1.61. The SMILES string of the molecule is CCCc1cc(=O)oc2cc(C)cc(OCC(=O)c3ccc(Cl)cc3)c12. The van der Waals surface area contributed by atoms with Crippen LogP contribution in [0.25, 0.3) is 11.0 Å². The molecule has 0 amide bonds. The lowest BCUT2D eigenvalue weighted by molar-refractivity contribution is 0.0922. The molecule has 0 radical (unpaired) electrons. The van der Waals surface area contributed by atoms with Crippen LogP contribution < -0.4 is 10.4 Å². The van der Waals surface area contributed by atoms with E-state index in [1.807, 2.05) is 26.0 Å². The van der Waals surface area contributed by atoms with Gasteiger partial charge in [-0.2, -0.15) is 0 Å². The Kier molecular flexibility index (Phi) is 5.43. The summed E-state index contributed by atoms with van der Waals surface area (Å²) in [5.74, 6) is 0.403. The molecule has 0 aliphatic heterocycles. The first kappa shape index (κ1) is 18.2. The highest BCUT2D eigenvalue weighted by Crippen LogP contribution is 2.30. The lowest BCUT2D eigenvalue weighted by Crippen LogP contribution is -2.12. The zero-order valence-corrected chi connectivity index (χ0v) is 15.4. The van der Waals surface area contributed by atoms with Crippen LogP contribution in [0.1, 0.15) is 34.8 Å². The van der Waals surface area contributed by atoms with Crippen molar-refractivity contribution in [2.24, 2.45) is 0 Å². The number of halogens is 1. The molecule has 0 fully saturated rings. The molecule has 134 valence electrons. The molecule has 0 unspecified atom stereocenters. The summed E-state index contributed by atoms with van der Waals surface area (Å²) in [5.41, 5.74) is 2.40. The predicted molar refractivity (Wildman–Crippen MR) is 102 cm³/mol. The van der Waals surface area contributed by atoms with Crippen LogP contribution in [0.3, 0.4) is 0 Å². The molecule has 1 aromatic heterocycles. The summed E-state index contributed by atoms with van der Waals surface area (Å²) >= 11 is 5.85. The molecule has 4 nitrogen and oxygen atoms in total. The molecule has 3 aromatic rings. The standard InChI is InChI=1S/C21H19ClO4/c1-3-4-15-11-20(24)26-19-10-13(2)9-18(21(15)19)25-12-17(23)14-5-7-16(22)8-6-14/h5-11H,3-4,12H2,1-2H3. The van der Waals surface area contributed by atoms with E-state index in [0.717, 1.165) is 29.4 Å². The summed E-state index contributed by atoms with van der Waals surface area (Å²) in [6.45, 7) is 3.82. The van der Waals surface area contributed by atoms with E-state index in [-0.39, 0.29) is 18.0 Å². The number of benzene rings is 2. The monoisotopic (exact) mass is 370 g/mol. The zero-order chi connectivity index (χ0) is 18.7. The molecule has 1 heterocycles. The number of ketones is 1. The van der Waals surface area contributed by atoms with Gasteiger partial charge in [-0.15, -0.1) is 0 Å². The van der Waals surface area contributed by atoms with Gasteiger partial charge in [-0.3, -0.25) is 4.79 Å². The van der Waals surface area contributed by atoms with Gasteiger partial charge in [0.15, 0.2) is 12.4 Å². The van der Waals surface area contributed by atoms with Crippen molar-refractivity contribution in [1.29, 1.82) is 0 Å². The average Bonchev–Trinajstić information content (AvgIpc) is 2.59. The molecule has 26 heavy (non-hydrogen) atoms. The molecule has 0 aliphatic rings. The molecule has 0 aliphatic carbocycles. The number of hydrogen-bond donors (Lipinski definition) is 0. The summed E-state index contributed by atoms with van der Waals surface area (Å²) in [7, 11) is 0. The van der Waals surface area contributed by atoms with E-state index in [2.05, 4.69) is 0 Å². The molecule has 3 rings (SSSR count). The van der Waals surface area contributed by atoms with Crippen LogP contribution in [-0.4, -0.2) is 12.4 Å². The Morgan fingerprint density at radius 3 is 2.58 bits per heavy atom. The Labute approximate surface area is 156 Å². The van der Waals surface area contributed by atoms with Crippen LogP contribution in [0, 0.1) is 6.92 Å². The van der Waals surface area contributed by atoms with Gasteiger partial charge in [0.2, 0.25) is 0 Å². The zero-order valence-electron chi connectivity index (χ0n) is 14.7. The number of carbonyl (C=O) groups is 1. The van der Waals surface area contributed by atoms with Gasteiger partial charge in [0.25, 0.3) is 0 Å². The van der Waals surface area contributed by atoms with Gasteiger partial charge < -0.3 is 9.15 Å². The first-order valence-corrected chi connectivity index (χ1v) is 8.84. The summed E-state index contributed by atoms with van der Waals surface area (Å²) < 4.78 is 11.2. The van der Waals surface area contributed by atoms with Crippen LogP contribution in [0.2, 0.25) is 5.02 Å². The van der Waals surface area contributed by atoms with E-state index in [1.165, 1.54) is 6.07 Å². The lowest BCUT2D eigenvalue weighted by atomic mass is 10.0. The second-order valence-corrected chi connectivity index (χ2v) is 6.63. The third-order valence-electron chi connectivity index (χ3n) is 4.08. The van der Waals surface area contributed by atoms with E-state index in [9.17, 15) is 9.59 Å². The highest BCUT2D eigenvalue weighted by Gasteiger charge is 2.14. The summed E-state index contributed by atoms with van der Waals surface area (Å²) in [5, 5.41) is 1.33. The Hall–Kier alpha value is -2.59. The van der Waals surface area contributed by atoms with Crippen LogP contribution in [0.5, 0.6) is 5.75 Å². The predicted octanol–water partition coefficient (Wildman–Crippen LogP) is 4.97. The first-order valence-electron chi connectivity index (χ1n) is 8.47. The Bertz CT molecular complexity index is 1000. The molecule has 0 saturated heterocycles. The maximum absolute atomic E-state index is 12.4.